The van der Waals surface area contributed by atoms with Gasteiger partial charge >= 0.3 is 40.7 Å². The molecule has 0 fully saturated rings. The Hall–Kier alpha value is -7.96. The smallest absolute Gasteiger partial charge is 0.460 e. The van der Waals surface area contributed by atoms with Crippen LogP contribution in [0, 0.1) is 20.8 Å². The van der Waals surface area contributed by atoms with E-state index in [1.54, 1.807) is 68.4 Å². The molecule has 10 rings (SSSR count). The molecule has 0 spiro atoms. The fourth-order valence-electron chi connectivity index (χ4n) is 9.92. The van der Waals surface area contributed by atoms with E-state index < -0.39 is 69.3 Å². The number of Topliss-reactive ketones (excluding diaryl/α,β-unsaturated/α-hetero) is 3. The third-order valence-corrected chi connectivity index (χ3v) is 17.5. The van der Waals surface area contributed by atoms with E-state index in [-0.39, 0.29) is 30.8 Å². The average molecular weight is 1520 g/mol. The van der Waals surface area contributed by atoms with Crippen LogP contribution in [0.1, 0.15) is 68.5 Å². The number of carbonyl (C=O) groups is 6. The van der Waals surface area contributed by atoms with Crippen LogP contribution in [0.2, 0.25) is 20.1 Å². The van der Waals surface area contributed by atoms with Gasteiger partial charge in [0.15, 0.2) is 5.75 Å². The summed E-state index contributed by atoms with van der Waals surface area (Å²) in [5.74, 6) is -6.56. The number of hydrogen-bond donors (Lipinski definition) is 2. The molecule has 0 amide bonds. The quantitative estimate of drug-likeness (QED) is 0.0186. The summed E-state index contributed by atoms with van der Waals surface area (Å²) in [5.41, 5.74) is 1.27. The molecule has 10 aromatic rings. The number of fused-ring (bicyclic) bond motifs is 3. The molecule has 0 saturated carbocycles. The lowest BCUT2D eigenvalue weighted by Gasteiger charge is -2.18. The van der Waals surface area contributed by atoms with Gasteiger partial charge in [0.05, 0.1) is 25.4 Å². The summed E-state index contributed by atoms with van der Waals surface area (Å²) in [6.45, 7) is 9.91. The minimum absolute atomic E-state index is 0.0415. The summed E-state index contributed by atoms with van der Waals surface area (Å²) >= 11 is 30.5. The van der Waals surface area contributed by atoms with Gasteiger partial charge < -0.3 is 28.4 Å². The van der Waals surface area contributed by atoms with Crippen molar-refractivity contribution in [3.63, 3.8) is 0 Å². The number of carbonyl (C=O) groups excluding carboxylic acids is 6. The Morgan fingerprint density at radius 3 is 1.17 bits per heavy atom. The molecule has 0 aliphatic heterocycles. The van der Waals surface area contributed by atoms with Crippen molar-refractivity contribution in [1.82, 2.24) is 0 Å². The molecule has 10 aromatic carbocycles. The lowest BCUT2D eigenvalue weighted by molar-refractivity contribution is -0.138. The summed E-state index contributed by atoms with van der Waals surface area (Å²) in [4.78, 5) is 74.7. The second-order valence-corrected chi connectivity index (χ2v) is 25.4. The fourth-order valence-corrected chi connectivity index (χ4v) is 11.9. The average Bonchev–Trinajstić information content (AvgIpc) is 0.768. The molecule has 0 heterocycles. The molecule has 0 bridgehead atoms. The number of ketones is 3. The first-order valence-corrected chi connectivity index (χ1v) is 33.0. The minimum atomic E-state index is -6.09. The van der Waals surface area contributed by atoms with E-state index >= 15 is 0 Å². The number of benzene rings is 10. The second-order valence-electron chi connectivity index (χ2n) is 20.4. The zero-order chi connectivity index (χ0) is 69.8. The molecule has 0 aliphatic carbocycles. The molecule has 0 atom stereocenters. The van der Waals surface area contributed by atoms with Crippen LogP contribution in [0.3, 0.4) is 0 Å². The normalized spacial score (nSPS) is 11.0. The van der Waals surface area contributed by atoms with E-state index in [0.717, 1.165) is 48.3 Å². The van der Waals surface area contributed by atoms with Gasteiger partial charge in [-0.25, -0.2) is 14.4 Å². The lowest BCUT2D eigenvalue weighted by Crippen LogP contribution is -2.29. The highest BCUT2D eigenvalue weighted by atomic mass is 79.9. The van der Waals surface area contributed by atoms with Crippen molar-refractivity contribution in [2.45, 2.75) is 47.1 Å². The first-order valence-electron chi connectivity index (χ1n) is 28.5. The number of rotatable bonds is 15. The summed E-state index contributed by atoms with van der Waals surface area (Å²) in [7, 11) is -7.49. The predicted molar refractivity (Wildman–Crippen MR) is 373 cm³/mol. The van der Waals surface area contributed by atoms with E-state index in [9.17, 15) is 50.4 Å². The molecular weight excluding hydrogens is 1470 g/mol. The maximum atomic E-state index is 13.1. The zero-order valence-electron chi connectivity index (χ0n) is 51.0. The Kier molecular flexibility index (Phi) is 25.6. The van der Waals surface area contributed by atoms with Crippen molar-refractivity contribution in [1.29, 1.82) is 0 Å². The van der Waals surface area contributed by atoms with Crippen LogP contribution in [0.5, 0.6) is 5.75 Å². The van der Waals surface area contributed by atoms with E-state index in [1.165, 1.54) is 32.0 Å². The van der Waals surface area contributed by atoms with E-state index in [1.807, 2.05) is 111 Å². The molecule has 0 aromatic heterocycles. The van der Waals surface area contributed by atoms with Crippen LogP contribution in [0.25, 0.3) is 65.7 Å². The Labute approximate surface area is 581 Å². The molecule has 14 nitrogen and oxygen atoms in total. The SMILES string of the molecule is CCOC(=O)C(=O)c1c(C)cc2c(-c3ccc(Cl)cc3)cccc2c1-c1ccc(Cl)cc1.CCOC(=O)C(=O)c1c(C)cc2c(Br)cccc2c1-c1ccc(Cl)cc1.CCOC(=O)C(=O)c1c(C)cc2c(Br)cccc2c1OS(=O)(=O)C(F)(F)F.OB(O)c1ccc(Cl)cc1. The highest BCUT2D eigenvalue weighted by molar-refractivity contribution is 9.11. The number of hydrogen-bond acceptors (Lipinski definition) is 14. The topological polar surface area (TPSA) is 214 Å². The van der Waals surface area contributed by atoms with Crippen LogP contribution < -0.4 is 9.65 Å². The minimum Gasteiger partial charge on any atom is -0.460 e. The van der Waals surface area contributed by atoms with Crippen molar-refractivity contribution in [3.8, 4) is 39.1 Å². The molecule has 2 N–H and O–H groups in total. The van der Waals surface area contributed by atoms with Crippen LogP contribution in [0.15, 0.2) is 179 Å². The Morgan fingerprint density at radius 2 is 0.779 bits per heavy atom. The first-order chi connectivity index (χ1) is 44.9. The lowest BCUT2D eigenvalue weighted by atomic mass is 9.81. The fraction of sp³-hybridized carbons (Fsp3) is 0.143. The third kappa shape index (κ3) is 17.7. The van der Waals surface area contributed by atoms with Gasteiger partial charge in [0.1, 0.15) is 0 Å². The highest BCUT2D eigenvalue weighted by Gasteiger charge is 2.49. The summed E-state index contributed by atoms with van der Waals surface area (Å²) in [5, 5.41) is 23.6. The van der Waals surface area contributed by atoms with Gasteiger partial charge in [0.2, 0.25) is 0 Å². The Bertz CT molecular complexity index is 4690. The van der Waals surface area contributed by atoms with Gasteiger partial charge in [-0.3, -0.25) is 14.4 Å². The Morgan fingerprint density at radius 1 is 0.453 bits per heavy atom. The first kappa shape index (κ1) is 74.4. The van der Waals surface area contributed by atoms with E-state index in [4.69, 9.17) is 65.9 Å². The molecule has 0 unspecified atom stereocenters. The number of alkyl halides is 3. The van der Waals surface area contributed by atoms with Gasteiger partial charge in [0, 0.05) is 56.7 Å². The zero-order valence-corrected chi connectivity index (χ0v) is 58.0. The van der Waals surface area contributed by atoms with Gasteiger partial charge in [-0.05, 0) is 186 Å². The van der Waals surface area contributed by atoms with Crippen molar-refractivity contribution in [3.05, 3.63) is 232 Å². The molecule has 0 aliphatic rings. The maximum absolute atomic E-state index is 13.1. The summed E-state index contributed by atoms with van der Waals surface area (Å²) in [6, 6.07) is 49.7. The third-order valence-electron chi connectivity index (χ3n) is 14.1. The van der Waals surface area contributed by atoms with Crippen molar-refractivity contribution in [2.24, 2.45) is 0 Å². The highest BCUT2D eigenvalue weighted by Crippen LogP contribution is 2.43. The van der Waals surface area contributed by atoms with Gasteiger partial charge in [0.25, 0.3) is 17.3 Å². The van der Waals surface area contributed by atoms with Crippen molar-refractivity contribution in [2.75, 3.05) is 19.8 Å². The Balaban J connectivity index is 0.000000188. The van der Waals surface area contributed by atoms with Crippen LogP contribution in [-0.4, -0.2) is 86.2 Å². The van der Waals surface area contributed by atoms with Crippen LogP contribution >= 0.6 is 78.3 Å². The maximum Gasteiger partial charge on any atom is 0.534 e. The molecule has 490 valence electrons. The van der Waals surface area contributed by atoms with Crippen LogP contribution in [0.4, 0.5) is 13.2 Å². The number of aryl methyl sites for hydroxylation is 3. The number of ether oxygens (including phenoxy) is 3. The van der Waals surface area contributed by atoms with E-state index in [0.29, 0.717) is 68.8 Å². The molecule has 25 heteroatoms. The van der Waals surface area contributed by atoms with Gasteiger partial charge in [-0.1, -0.05) is 175 Å². The molecular formula is C70H54BBr2Cl4F3O14S. The number of halogens is 9. The molecule has 95 heavy (non-hydrogen) atoms. The molecule has 0 radical (unpaired) electrons. The largest absolute Gasteiger partial charge is 0.534 e. The second kappa shape index (κ2) is 32.7. The summed E-state index contributed by atoms with van der Waals surface area (Å²) in [6.07, 6.45) is 0. The standard InChI is InChI=1S/C27H20Cl2O3.C21H16BrClO3.C16H12BrF3O6S.C6H6BClO2/c1-3-32-27(31)26(30)24-16(2)15-23-21(17-7-11-19(28)12-8-17)5-4-6-22(23)25(24)18-9-13-20(29)14-10-18;1-3-26-21(25)20(24)18-12(2)11-16-15(5-4-6-17(16)22)19(18)13-7-9-14(23)10-8-13;1-3-25-15(22)13(21)12-8(2)7-10-9(5-4-6-11(10)17)14(12)26-27(23,24)16(18,19)20;8-6-3-1-5(2-4-6)7(9)10/h4-15H,3H2,1-2H3;4-11H,3H2,1-2H3;4-7H,3H2,1-2H3;1-4,9-10H. The van der Waals surface area contributed by atoms with Crippen molar-refractivity contribution >= 4 is 169 Å². The van der Waals surface area contributed by atoms with E-state index in [2.05, 4.69) is 40.8 Å². The predicted octanol–water partition coefficient (Wildman–Crippen LogP) is 17.4. The number of esters is 3. The molecule has 0 saturated heterocycles. The van der Waals surface area contributed by atoms with Crippen molar-refractivity contribution < 1.29 is 78.8 Å². The van der Waals surface area contributed by atoms with Gasteiger partial charge in [-0.2, -0.15) is 21.6 Å². The monoisotopic (exact) mass is 1520 g/mol. The van der Waals surface area contributed by atoms with Crippen LogP contribution in [-0.2, 0) is 38.7 Å². The summed E-state index contributed by atoms with van der Waals surface area (Å²) < 4.78 is 81.7. The van der Waals surface area contributed by atoms with Gasteiger partial charge in [-0.15, -0.1) is 0 Å².